The van der Waals surface area contributed by atoms with Crippen molar-refractivity contribution in [3.63, 3.8) is 0 Å². The molecule has 0 spiro atoms. The lowest BCUT2D eigenvalue weighted by atomic mass is 10.1. The number of aromatic carboxylic acids is 1. The minimum absolute atomic E-state index is 0.181. The third-order valence-corrected chi connectivity index (χ3v) is 8.63. The Morgan fingerprint density at radius 2 is 0.885 bits per heavy atom. The fourth-order valence-electron chi connectivity index (χ4n) is 5.61. The first kappa shape index (κ1) is 38.1. The van der Waals surface area contributed by atoms with Gasteiger partial charge in [-0.05, 0) is 79.9 Å². The molecule has 0 fully saturated rings. The average molecular weight is 711 g/mol. The molecule has 2 heterocycles. The van der Waals surface area contributed by atoms with Gasteiger partial charge in [-0.3, -0.25) is 0 Å². The fraction of sp³-hybridized carbons (Fsp3) is 0.439. The summed E-state index contributed by atoms with van der Waals surface area (Å²) in [6, 6.07) is 17.5. The molecule has 1 N–H and O–H groups in total. The molecule has 0 saturated heterocycles. The summed E-state index contributed by atoms with van der Waals surface area (Å²) in [6.07, 6.45) is 13.2. The number of unbranched alkanes of at least 4 members (excludes halogenated alkanes) is 9. The van der Waals surface area contributed by atoms with Crippen LogP contribution >= 0.6 is 0 Å². The van der Waals surface area contributed by atoms with E-state index in [1.807, 2.05) is 36.4 Å². The van der Waals surface area contributed by atoms with Gasteiger partial charge in [0.1, 0.15) is 0 Å². The molecule has 2 aromatic heterocycles. The summed E-state index contributed by atoms with van der Waals surface area (Å²) in [6.45, 7) is 8.33. The highest BCUT2D eigenvalue weighted by molar-refractivity contribution is 5.88. The third-order valence-electron chi connectivity index (χ3n) is 8.63. The lowest BCUT2D eigenvalue weighted by Gasteiger charge is -2.18. The maximum absolute atomic E-state index is 11.2. The Kier molecular flexibility index (Phi) is 14.6. The second kappa shape index (κ2) is 20.0. The molecule has 0 bridgehead atoms. The van der Waals surface area contributed by atoms with Gasteiger partial charge in [-0.25, -0.2) is 4.79 Å². The van der Waals surface area contributed by atoms with Crippen LogP contribution in [0.25, 0.3) is 45.8 Å². The molecule has 11 heteroatoms. The van der Waals surface area contributed by atoms with Gasteiger partial charge in [0.05, 0.1) is 25.4 Å². The van der Waals surface area contributed by atoms with E-state index in [0.717, 1.165) is 63.4 Å². The summed E-state index contributed by atoms with van der Waals surface area (Å²) in [4.78, 5) is 11.2. The quantitative estimate of drug-likeness (QED) is 0.0647. The van der Waals surface area contributed by atoms with Crippen molar-refractivity contribution in [2.75, 3.05) is 19.8 Å². The summed E-state index contributed by atoms with van der Waals surface area (Å²) in [7, 11) is 0. The Morgan fingerprint density at radius 3 is 1.27 bits per heavy atom. The van der Waals surface area contributed by atoms with Crippen LogP contribution in [0.2, 0.25) is 0 Å². The maximum Gasteiger partial charge on any atom is 0.335 e. The van der Waals surface area contributed by atoms with Gasteiger partial charge in [0.25, 0.3) is 0 Å². The van der Waals surface area contributed by atoms with Crippen LogP contribution in [0.15, 0.2) is 69.5 Å². The molecule has 0 amide bonds. The van der Waals surface area contributed by atoms with Gasteiger partial charge in [-0.1, -0.05) is 78.6 Å². The molecule has 5 rings (SSSR count). The van der Waals surface area contributed by atoms with E-state index in [4.69, 9.17) is 28.2 Å². The normalized spacial score (nSPS) is 11.1. The van der Waals surface area contributed by atoms with Crippen molar-refractivity contribution in [1.82, 2.24) is 20.4 Å². The number of benzene rings is 3. The SMILES string of the molecule is CCCCCCOc1cc(-c2nnc(-c3ccc(-c4nnc(-c5ccc(C(=O)O)cc5)o4)cc3)o2)cc(OCCCCCC)c1OCCCCCC. The number of hydrogen-bond donors (Lipinski definition) is 1. The average Bonchev–Trinajstić information content (AvgIpc) is 3.87. The highest BCUT2D eigenvalue weighted by Crippen LogP contribution is 2.42. The van der Waals surface area contributed by atoms with Crippen molar-refractivity contribution in [1.29, 1.82) is 0 Å². The first-order valence-electron chi connectivity index (χ1n) is 18.7. The molecule has 0 unspecified atom stereocenters. The van der Waals surface area contributed by atoms with Crippen molar-refractivity contribution in [3.05, 3.63) is 66.2 Å². The summed E-state index contributed by atoms with van der Waals surface area (Å²) in [5.74, 6) is 2.18. The molecule has 0 aliphatic carbocycles. The van der Waals surface area contributed by atoms with Gasteiger partial charge in [-0.2, -0.15) is 0 Å². The van der Waals surface area contributed by atoms with Crippen LogP contribution in [0, 0.1) is 0 Å². The largest absolute Gasteiger partial charge is 0.490 e. The van der Waals surface area contributed by atoms with Gasteiger partial charge < -0.3 is 28.2 Å². The number of carboxylic acids is 1. The van der Waals surface area contributed by atoms with Gasteiger partial charge in [0, 0.05) is 22.3 Å². The molecule has 0 atom stereocenters. The zero-order valence-corrected chi connectivity index (χ0v) is 30.6. The van der Waals surface area contributed by atoms with E-state index in [-0.39, 0.29) is 5.56 Å². The maximum atomic E-state index is 11.2. The minimum Gasteiger partial charge on any atom is -0.490 e. The summed E-state index contributed by atoms with van der Waals surface area (Å²) < 4.78 is 31.2. The number of rotatable bonds is 23. The van der Waals surface area contributed by atoms with E-state index in [1.165, 1.54) is 31.4 Å². The van der Waals surface area contributed by atoms with E-state index in [2.05, 4.69) is 41.2 Å². The Balaban J connectivity index is 1.36. The molecule has 0 saturated carbocycles. The molecule has 0 aliphatic heterocycles. The van der Waals surface area contributed by atoms with Gasteiger partial charge >= 0.3 is 5.97 Å². The van der Waals surface area contributed by atoms with Crippen LogP contribution in [-0.4, -0.2) is 51.3 Å². The lowest BCUT2D eigenvalue weighted by molar-refractivity contribution is 0.0697. The van der Waals surface area contributed by atoms with Gasteiger partial charge in [0.15, 0.2) is 11.5 Å². The molecule has 11 nitrogen and oxygen atoms in total. The van der Waals surface area contributed by atoms with Crippen LogP contribution in [-0.2, 0) is 0 Å². The highest BCUT2D eigenvalue weighted by atomic mass is 16.5. The van der Waals surface area contributed by atoms with Gasteiger partial charge in [-0.15, -0.1) is 20.4 Å². The van der Waals surface area contributed by atoms with Crippen molar-refractivity contribution >= 4 is 5.97 Å². The number of hydrogen-bond acceptors (Lipinski definition) is 10. The molecular weight excluding hydrogens is 660 g/mol. The Bertz CT molecular complexity index is 1780. The van der Waals surface area contributed by atoms with Gasteiger partial charge in [0.2, 0.25) is 29.3 Å². The second-order valence-corrected chi connectivity index (χ2v) is 12.8. The molecular formula is C41H50N4O7. The van der Waals surface area contributed by atoms with Crippen LogP contribution in [0.3, 0.4) is 0 Å². The number of ether oxygens (including phenoxy) is 3. The van der Waals surface area contributed by atoms with Crippen molar-refractivity contribution < 1.29 is 32.9 Å². The molecule has 52 heavy (non-hydrogen) atoms. The van der Waals surface area contributed by atoms with E-state index in [0.29, 0.717) is 77.3 Å². The number of carbonyl (C=O) groups is 1. The fourth-order valence-corrected chi connectivity index (χ4v) is 5.61. The summed E-state index contributed by atoms with van der Waals surface area (Å²) in [5, 5.41) is 26.2. The van der Waals surface area contributed by atoms with Crippen LogP contribution in [0.4, 0.5) is 0 Å². The minimum atomic E-state index is -0.999. The first-order chi connectivity index (χ1) is 25.5. The van der Waals surface area contributed by atoms with Crippen LogP contribution in [0.1, 0.15) is 108 Å². The number of nitrogens with zero attached hydrogens (tertiary/aromatic N) is 4. The molecule has 3 aromatic carbocycles. The van der Waals surface area contributed by atoms with E-state index < -0.39 is 5.97 Å². The first-order valence-corrected chi connectivity index (χ1v) is 18.7. The highest BCUT2D eigenvalue weighted by Gasteiger charge is 2.21. The number of carboxylic acid groups (broad SMARTS) is 1. The standard InChI is InChI=1S/C41H50N4O7/c1-4-7-10-13-24-48-34-27-33(28-35(49-25-14-11-8-5-2)36(34)50-26-15-12-9-6-3)40-45-44-39(52-40)30-18-16-29(17-19-30)37-42-43-38(51-37)31-20-22-32(23-21-31)41(46)47/h16-23,27-28H,4-15,24-26H2,1-3H3,(H,46,47). The van der Waals surface area contributed by atoms with E-state index in [9.17, 15) is 4.79 Å². The van der Waals surface area contributed by atoms with Crippen LogP contribution in [0.5, 0.6) is 17.2 Å². The van der Waals surface area contributed by atoms with Crippen molar-refractivity contribution in [2.45, 2.75) is 97.8 Å². The monoisotopic (exact) mass is 710 g/mol. The molecule has 0 aliphatic rings. The summed E-state index contributed by atoms with van der Waals surface area (Å²) in [5.41, 5.74) is 2.92. The Hall–Kier alpha value is -5.19. The topological polar surface area (TPSA) is 143 Å². The predicted octanol–water partition coefficient (Wildman–Crippen LogP) is 10.7. The second-order valence-electron chi connectivity index (χ2n) is 12.8. The smallest absolute Gasteiger partial charge is 0.335 e. The molecule has 5 aromatic rings. The zero-order chi connectivity index (χ0) is 36.5. The molecule has 0 radical (unpaired) electrons. The van der Waals surface area contributed by atoms with Crippen molar-refractivity contribution in [3.8, 4) is 63.1 Å². The Morgan fingerprint density at radius 1 is 0.519 bits per heavy atom. The van der Waals surface area contributed by atoms with Crippen molar-refractivity contribution in [2.24, 2.45) is 0 Å². The Labute approximate surface area is 305 Å². The molecule has 276 valence electrons. The predicted molar refractivity (Wildman–Crippen MR) is 200 cm³/mol. The van der Waals surface area contributed by atoms with Crippen LogP contribution < -0.4 is 14.2 Å². The lowest BCUT2D eigenvalue weighted by Crippen LogP contribution is -2.06. The summed E-state index contributed by atoms with van der Waals surface area (Å²) >= 11 is 0. The van der Waals surface area contributed by atoms with E-state index in [1.54, 1.807) is 12.1 Å². The third kappa shape index (κ3) is 10.7. The van der Waals surface area contributed by atoms with E-state index >= 15 is 0 Å². The zero-order valence-electron chi connectivity index (χ0n) is 30.6. The number of aromatic nitrogens is 4.